The quantitative estimate of drug-likeness (QED) is 0.604. The molecule has 1 fully saturated rings. The maximum absolute atomic E-state index is 12.4. The number of piperidine rings is 1. The molecule has 1 aliphatic rings. The molecule has 2 aromatic carbocycles. The minimum absolute atomic E-state index is 0.106. The lowest BCUT2D eigenvalue weighted by Crippen LogP contribution is -2.30. The largest absolute Gasteiger partial charge is 0.490 e. The third kappa shape index (κ3) is 6.75. The average Bonchev–Trinajstić information content (AvgIpc) is 3.22. The van der Waals surface area contributed by atoms with Crippen molar-refractivity contribution in [3.05, 3.63) is 54.2 Å². The average molecular weight is 464 g/mol. The molecule has 0 aliphatic carbocycles. The number of aromatic nitrogens is 2. The fourth-order valence-electron chi connectivity index (χ4n) is 3.55. The van der Waals surface area contributed by atoms with Gasteiger partial charge in [-0.05, 0) is 37.9 Å². The predicted molar refractivity (Wildman–Crippen MR) is 114 cm³/mol. The van der Waals surface area contributed by atoms with E-state index in [4.69, 9.17) is 14.4 Å². The van der Waals surface area contributed by atoms with Gasteiger partial charge in [0.25, 0.3) is 0 Å². The number of fused-ring (bicyclic) bond motifs is 1. The highest BCUT2D eigenvalue weighted by Gasteiger charge is 2.38. The highest BCUT2D eigenvalue weighted by molar-refractivity contribution is 6.02. The number of hydrogen-bond donors (Lipinski definition) is 2. The number of carboxylic acid groups (broad SMARTS) is 1. The van der Waals surface area contributed by atoms with Gasteiger partial charge in [0.1, 0.15) is 0 Å². The minimum atomic E-state index is -5.08. The number of likely N-dealkylation sites (N-methyl/N-ethyl adjacent to an activating group) is 1. The van der Waals surface area contributed by atoms with Crippen molar-refractivity contribution in [2.75, 3.05) is 25.5 Å². The van der Waals surface area contributed by atoms with E-state index in [1.807, 2.05) is 42.5 Å². The van der Waals surface area contributed by atoms with Crippen LogP contribution in [0, 0.1) is 0 Å². The number of halogens is 3. The number of nitrogens with one attached hydrogen (secondary N) is 1. The molecule has 176 valence electrons. The molecular weight excluding hydrogens is 441 g/mol. The molecule has 0 spiro atoms. The smallest absolute Gasteiger partial charge is 0.475 e. The van der Waals surface area contributed by atoms with Crippen molar-refractivity contribution >= 4 is 28.3 Å². The zero-order valence-corrected chi connectivity index (χ0v) is 17.8. The van der Waals surface area contributed by atoms with Crippen LogP contribution in [0.3, 0.4) is 0 Å². The Morgan fingerprint density at radius 3 is 2.61 bits per heavy atom. The van der Waals surface area contributed by atoms with Crippen molar-refractivity contribution in [2.45, 2.75) is 31.4 Å². The van der Waals surface area contributed by atoms with Crippen LogP contribution in [0.4, 0.5) is 18.9 Å². The van der Waals surface area contributed by atoms with Gasteiger partial charge in [-0.25, -0.2) is 4.79 Å². The molecule has 8 nitrogen and oxygen atoms in total. The van der Waals surface area contributed by atoms with Gasteiger partial charge in [-0.2, -0.15) is 18.2 Å². The third-order valence-electron chi connectivity index (χ3n) is 5.08. The number of benzene rings is 2. The van der Waals surface area contributed by atoms with Crippen LogP contribution in [0.15, 0.2) is 47.0 Å². The van der Waals surface area contributed by atoms with E-state index in [0.717, 1.165) is 42.4 Å². The highest BCUT2D eigenvalue weighted by Crippen LogP contribution is 2.25. The molecule has 1 saturated heterocycles. The van der Waals surface area contributed by atoms with E-state index in [1.54, 1.807) is 0 Å². The Balaban J connectivity index is 0.000000383. The summed E-state index contributed by atoms with van der Waals surface area (Å²) < 4.78 is 37.1. The number of carboxylic acids is 1. The van der Waals surface area contributed by atoms with Crippen LogP contribution in [-0.4, -0.2) is 58.3 Å². The monoisotopic (exact) mass is 464 g/mol. The maximum Gasteiger partial charge on any atom is 0.490 e. The molecule has 2 N–H and O–H groups in total. The Hall–Kier alpha value is -3.47. The SMILES string of the molecule is CN1CCCC(c2nc(CC(=O)Nc3cccc4ccccc34)no2)C1.O=C(O)C(F)(F)F. The summed E-state index contributed by atoms with van der Waals surface area (Å²) >= 11 is 0. The van der Waals surface area contributed by atoms with E-state index < -0.39 is 12.1 Å². The Labute approximate surface area is 187 Å². The van der Waals surface area contributed by atoms with E-state index in [9.17, 15) is 18.0 Å². The van der Waals surface area contributed by atoms with Crippen LogP contribution in [0.5, 0.6) is 0 Å². The van der Waals surface area contributed by atoms with E-state index in [0.29, 0.717) is 11.7 Å². The molecule has 4 rings (SSSR count). The van der Waals surface area contributed by atoms with Gasteiger partial charge in [-0.3, -0.25) is 4.79 Å². The molecular formula is C22H23F3N4O4. The van der Waals surface area contributed by atoms with Gasteiger partial charge in [-0.1, -0.05) is 41.6 Å². The topological polar surface area (TPSA) is 109 Å². The minimum Gasteiger partial charge on any atom is -0.475 e. The number of amides is 1. The zero-order valence-electron chi connectivity index (χ0n) is 17.8. The number of hydrogen-bond acceptors (Lipinski definition) is 6. The predicted octanol–water partition coefficient (Wildman–Crippen LogP) is 3.85. The molecule has 2 heterocycles. The summed E-state index contributed by atoms with van der Waals surface area (Å²) in [7, 11) is 2.10. The molecule has 1 aliphatic heterocycles. The van der Waals surface area contributed by atoms with E-state index >= 15 is 0 Å². The maximum atomic E-state index is 12.4. The Bertz CT molecular complexity index is 1110. The molecule has 11 heteroatoms. The number of carbonyl (C=O) groups excluding carboxylic acids is 1. The van der Waals surface area contributed by atoms with Crippen molar-refractivity contribution in [1.29, 1.82) is 0 Å². The molecule has 0 bridgehead atoms. The van der Waals surface area contributed by atoms with E-state index in [2.05, 4.69) is 27.4 Å². The van der Waals surface area contributed by atoms with Crippen molar-refractivity contribution in [1.82, 2.24) is 15.0 Å². The van der Waals surface area contributed by atoms with Gasteiger partial charge in [0.2, 0.25) is 11.8 Å². The van der Waals surface area contributed by atoms with Crippen molar-refractivity contribution in [3.8, 4) is 0 Å². The highest BCUT2D eigenvalue weighted by atomic mass is 19.4. The molecule has 1 amide bonds. The van der Waals surface area contributed by atoms with Crippen molar-refractivity contribution in [3.63, 3.8) is 0 Å². The van der Waals surface area contributed by atoms with Gasteiger partial charge >= 0.3 is 12.1 Å². The first-order valence-electron chi connectivity index (χ1n) is 10.2. The van der Waals surface area contributed by atoms with Gasteiger partial charge < -0.3 is 19.8 Å². The first kappa shape index (κ1) is 24.2. The second kappa shape index (κ2) is 10.4. The number of aliphatic carboxylic acids is 1. The summed E-state index contributed by atoms with van der Waals surface area (Å²) in [5.74, 6) is -1.56. The Morgan fingerprint density at radius 1 is 1.21 bits per heavy atom. The molecule has 33 heavy (non-hydrogen) atoms. The molecule has 0 radical (unpaired) electrons. The van der Waals surface area contributed by atoms with Crippen LogP contribution in [-0.2, 0) is 16.0 Å². The number of carbonyl (C=O) groups is 2. The van der Waals surface area contributed by atoms with Crippen LogP contribution >= 0.6 is 0 Å². The second-order valence-corrected chi connectivity index (χ2v) is 7.70. The number of nitrogens with zero attached hydrogens (tertiary/aromatic N) is 3. The van der Waals surface area contributed by atoms with Crippen LogP contribution in [0.1, 0.15) is 30.5 Å². The summed E-state index contributed by atoms with van der Waals surface area (Å²) in [4.78, 5) is 28.0. The number of likely N-dealkylation sites (tertiary alicyclic amines) is 1. The fraction of sp³-hybridized carbons (Fsp3) is 0.364. The fourth-order valence-corrected chi connectivity index (χ4v) is 3.55. The number of anilines is 1. The normalized spacial score (nSPS) is 16.7. The first-order valence-corrected chi connectivity index (χ1v) is 10.2. The molecule has 0 saturated carbocycles. The van der Waals surface area contributed by atoms with E-state index in [-0.39, 0.29) is 18.2 Å². The summed E-state index contributed by atoms with van der Waals surface area (Å²) in [6, 6.07) is 13.8. The van der Waals surface area contributed by atoms with Crippen LogP contribution < -0.4 is 5.32 Å². The van der Waals surface area contributed by atoms with Crippen LogP contribution in [0.25, 0.3) is 10.8 Å². The third-order valence-corrected chi connectivity index (χ3v) is 5.08. The van der Waals surface area contributed by atoms with Crippen molar-refractivity contribution in [2.24, 2.45) is 0 Å². The summed E-state index contributed by atoms with van der Waals surface area (Å²) in [5.41, 5.74) is 0.797. The molecule has 1 atom stereocenters. The second-order valence-electron chi connectivity index (χ2n) is 7.70. The lowest BCUT2D eigenvalue weighted by Gasteiger charge is -2.27. The molecule has 1 unspecified atom stereocenters. The van der Waals surface area contributed by atoms with Gasteiger partial charge in [0, 0.05) is 17.6 Å². The summed E-state index contributed by atoms with van der Waals surface area (Å²) in [6.07, 6.45) is -2.80. The number of alkyl halides is 3. The lowest BCUT2D eigenvalue weighted by molar-refractivity contribution is -0.192. The zero-order chi connectivity index (χ0) is 24.0. The van der Waals surface area contributed by atoms with Gasteiger partial charge in [0.05, 0.1) is 12.3 Å². The summed E-state index contributed by atoms with van der Waals surface area (Å²) in [6.45, 7) is 2.02. The Kier molecular flexibility index (Phi) is 7.64. The van der Waals surface area contributed by atoms with Gasteiger partial charge in [0.15, 0.2) is 5.82 Å². The lowest BCUT2D eigenvalue weighted by atomic mass is 9.98. The van der Waals surface area contributed by atoms with E-state index in [1.165, 1.54) is 0 Å². The van der Waals surface area contributed by atoms with Gasteiger partial charge in [-0.15, -0.1) is 0 Å². The Morgan fingerprint density at radius 2 is 1.91 bits per heavy atom. The molecule has 3 aromatic rings. The number of rotatable bonds is 4. The van der Waals surface area contributed by atoms with Crippen molar-refractivity contribution < 1.29 is 32.4 Å². The van der Waals surface area contributed by atoms with Crippen LogP contribution in [0.2, 0.25) is 0 Å². The molecule has 1 aromatic heterocycles. The standard InChI is InChI=1S/C20H22N4O2.C2HF3O2/c1-24-11-5-8-15(13-24)20-22-18(23-26-20)12-19(25)21-17-10-4-7-14-6-2-3-9-16(14)17;3-2(4,5)1(6)7/h2-4,6-7,9-10,15H,5,8,11-13H2,1H3,(H,21,25);(H,6,7). The first-order chi connectivity index (χ1) is 15.6. The summed E-state index contributed by atoms with van der Waals surface area (Å²) in [5, 5.41) is 16.2.